The van der Waals surface area contributed by atoms with E-state index in [1.807, 2.05) is 19.1 Å². The van der Waals surface area contributed by atoms with Crippen molar-refractivity contribution in [1.29, 1.82) is 0 Å². The standard InChI is InChI=1S/C12H17N5/c1-8(13)7-9(2)16-11-4-3-10-12(17-11)15-6-5-14-10/h3-6,8-9H,7,13H2,1-2H3,(H,15,16,17). The summed E-state index contributed by atoms with van der Waals surface area (Å²) in [7, 11) is 0. The number of nitrogens with zero attached hydrogens (tertiary/aromatic N) is 3. The number of aromatic nitrogens is 3. The van der Waals surface area contributed by atoms with Gasteiger partial charge in [-0.05, 0) is 32.4 Å². The minimum absolute atomic E-state index is 0.178. The van der Waals surface area contributed by atoms with E-state index < -0.39 is 0 Å². The fourth-order valence-electron chi connectivity index (χ4n) is 1.80. The van der Waals surface area contributed by atoms with Gasteiger partial charge in [-0.1, -0.05) is 0 Å². The van der Waals surface area contributed by atoms with Gasteiger partial charge in [0.25, 0.3) is 0 Å². The van der Waals surface area contributed by atoms with Gasteiger partial charge in [0.15, 0.2) is 5.65 Å². The summed E-state index contributed by atoms with van der Waals surface area (Å²) in [6, 6.07) is 4.29. The molecule has 3 N–H and O–H groups in total. The number of hydrogen-bond donors (Lipinski definition) is 2. The predicted molar refractivity (Wildman–Crippen MR) is 68.7 cm³/mol. The molecule has 0 radical (unpaired) electrons. The molecule has 0 amide bonds. The van der Waals surface area contributed by atoms with E-state index in [1.54, 1.807) is 12.4 Å². The molecule has 2 rings (SSSR count). The number of anilines is 1. The van der Waals surface area contributed by atoms with Crippen molar-refractivity contribution in [3.8, 4) is 0 Å². The van der Waals surface area contributed by atoms with Crippen molar-refractivity contribution in [2.75, 3.05) is 5.32 Å². The molecule has 2 aromatic rings. The molecule has 0 aromatic carbocycles. The molecular weight excluding hydrogens is 214 g/mol. The number of fused-ring (bicyclic) bond motifs is 1. The Morgan fingerprint density at radius 3 is 2.76 bits per heavy atom. The summed E-state index contributed by atoms with van der Waals surface area (Å²) < 4.78 is 0. The van der Waals surface area contributed by atoms with Gasteiger partial charge < -0.3 is 11.1 Å². The first-order valence-corrected chi connectivity index (χ1v) is 5.75. The Labute approximate surface area is 100 Å². The van der Waals surface area contributed by atoms with Crippen molar-refractivity contribution in [1.82, 2.24) is 15.0 Å². The van der Waals surface area contributed by atoms with Crippen LogP contribution in [0.2, 0.25) is 0 Å². The van der Waals surface area contributed by atoms with Crippen molar-refractivity contribution in [3.05, 3.63) is 24.5 Å². The Morgan fingerprint density at radius 1 is 1.24 bits per heavy atom. The maximum absolute atomic E-state index is 5.75. The summed E-state index contributed by atoms with van der Waals surface area (Å²) in [5.74, 6) is 0.811. The highest BCUT2D eigenvalue weighted by molar-refractivity contribution is 5.71. The van der Waals surface area contributed by atoms with Crippen LogP contribution in [0, 0.1) is 0 Å². The van der Waals surface area contributed by atoms with Crippen LogP contribution in [0.25, 0.3) is 11.2 Å². The second kappa shape index (κ2) is 5.05. The third kappa shape index (κ3) is 3.10. The van der Waals surface area contributed by atoms with Crippen molar-refractivity contribution in [2.24, 2.45) is 5.73 Å². The second-order valence-electron chi connectivity index (χ2n) is 4.35. The average molecular weight is 231 g/mol. The van der Waals surface area contributed by atoms with Gasteiger partial charge in [0.2, 0.25) is 0 Å². The maximum Gasteiger partial charge on any atom is 0.180 e. The fourth-order valence-corrected chi connectivity index (χ4v) is 1.80. The van der Waals surface area contributed by atoms with Gasteiger partial charge in [0, 0.05) is 24.5 Å². The SMILES string of the molecule is CC(N)CC(C)Nc1ccc2nccnc2n1. The lowest BCUT2D eigenvalue weighted by Crippen LogP contribution is -2.26. The summed E-state index contributed by atoms with van der Waals surface area (Å²) in [6.07, 6.45) is 4.21. The number of nitrogens with one attached hydrogen (secondary N) is 1. The molecule has 2 atom stereocenters. The second-order valence-corrected chi connectivity index (χ2v) is 4.35. The highest BCUT2D eigenvalue weighted by atomic mass is 15.0. The molecule has 0 aliphatic heterocycles. The van der Waals surface area contributed by atoms with E-state index in [4.69, 9.17) is 5.73 Å². The van der Waals surface area contributed by atoms with Crippen LogP contribution >= 0.6 is 0 Å². The smallest absolute Gasteiger partial charge is 0.180 e. The lowest BCUT2D eigenvalue weighted by atomic mass is 10.1. The van der Waals surface area contributed by atoms with Gasteiger partial charge in [0.05, 0.1) is 0 Å². The van der Waals surface area contributed by atoms with Crippen LogP contribution in [-0.2, 0) is 0 Å². The van der Waals surface area contributed by atoms with Gasteiger partial charge >= 0.3 is 0 Å². The lowest BCUT2D eigenvalue weighted by Gasteiger charge is -2.16. The van der Waals surface area contributed by atoms with Crippen LogP contribution in [-0.4, -0.2) is 27.0 Å². The van der Waals surface area contributed by atoms with E-state index >= 15 is 0 Å². The summed E-state index contributed by atoms with van der Waals surface area (Å²) in [5.41, 5.74) is 7.22. The van der Waals surface area contributed by atoms with E-state index in [0.717, 1.165) is 17.8 Å². The molecule has 5 heteroatoms. The highest BCUT2D eigenvalue weighted by Gasteiger charge is 2.06. The maximum atomic E-state index is 5.75. The Kier molecular flexibility index (Phi) is 3.49. The molecule has 0 aliphatic rings. The lowest BCUT2D eigenvalue weighted by molar-refractivity contribution is 0.603. The van der Waals surface area contributed by atoms with Crippen LogP contribution in [0.5, 0.6) is 0 Å². The molecule has 5 nitrogen and oxygen atoms in total. The van der Waals surface area contributed by atoms with Crippen molar-refractivity contribution >= 4 is 17.0 Å². The summed E-state index contributed by atoms with van der Waals surface area (Å²) >= 11 is 0. The van der Waals surface area contributed by atoms with Crippen LogP contribution in [0.4, 0.5) is 5.82 Å². The topological polar surface area (TPSA) is 76.7 Å². The quantitative estimate of drug-likeness (QED) is 0.835. The predicted octanol–water partition coefficient (Wildman–Crippen LogP) is 1.56. The normalized spacial score (nSPS) is 14.5. The zero-order chi connectivity index (χ0) is 12.3. The monoisotopic (exact) mass is 231 g/mol. The molecule has 2 unspecified atom stereocenters. The van der Waals surface area contributed by atoms with Crippen molar-refractivity contribution in [2.45, 2.75) is 32.4 Å². The molecular formula is C12H17N5. The first-order valence-electron chi connectivity index (χ1n) is 5.75. The minimum atomic E-state index is 0.178. The van der Waals surface area contributed by atoms with E-state index in [1.165, 1.54) is 0 Å². The highest BCUT2D eigenvalue weighted by Crippen LogP contribution is 2.12. The number of pyridine rings is 1. The van der Waals surface area contributed by atoms with Gasteiger partial charge in [-0.15, -0.1) is 0 Å². The summed E-state index contributed by atoms with van der Waals surface area (Å²) in [5, 5.41) is 3.31. The molecule has 90 valence electrons. The Hall–Kier alpha value is -1.75. The first-order chi connectivity index (χ1) is 8.15. The molecule has 17 heavy (non-hydrogen) atoms. The molecule has 0 saturated carbocycles. The van der Waals surface area contributed by atoms with Crippen LogP contribution < -0.4 is 11.1 Å². The van der Waals surface area contributed by atoms with Crippen molar-refractivity contribution in [3.63, 3.8) is 0 Å². The third-order valence-corrected chi connectivity index (χ3v) is 2.45. The third-order valence-electron chi connectivity index (χ3n) is 2.45. The number of hydrogen-bond acceptors (Lipinski definition) is 5. The van der Waals surface area contributed by atoms with E-state index in [-0.39, 0.29) is 12.1 Å². The summed E-state index contributed by atoms with van der Waals surface area (Å²) in [6.45, 7) is 4.09. The molecule has 0 aliphatic carbocycles. The largest absolute Gasteiger partial charge is 0.367 e. The molecule has 0 saturated heterocycles. The van der Waals surface area contributed by atoms with Crippen molar-refractivity contribution < 1.29 is 0 Å². The zero-order valence-electron chi connectivity index (χ0n) is 10.1. The molecule has 0 fully saturated rings. The van der Waals surface area contributed by atoms with Crippen LogP contribution in [0.1, 0.15) is 20.3 Å². The minimum Gasteiger partial charge on any atom is -0.367 e. The van der Waals surface area contributed by atoms with Crippen LogP contribution in [0.15, 0.2) is 24.5 Å². The van der Waals surface area contributed by atoms with Crippen LogP contribution in [0.3, 0.4) is 0 Å². The summed E-state index contributed by atoms with van der Waals surface area (Å²) in [4.78, 5) is 12.7. The number of nitrogens with two attached hydrogens (primary N) is 1. The van der Waals surface area contributed by atoms with Gasteiger partial charge in [0.1, 0.15) is 11.3 Å². The van der Waals surface area contributed by atoms with E-state index in [2.05, 4.69) is 27.2 Å². The fraction of sp³-hybridized carbons (Fsp3) is 0.417. The Balaban J connectivity index is 2.14. The Morgan fingerprint density at radius 2 is 2.00 bits per heavy atom. The number of rotatable bonds is 4. The molecule has 0 bridgehead atoms. The zero-order valence-corrected chi connectivity index (χ0v) is 10.1. The molecule has 0 spiro atoms. The molecule has 2 heterocycles. The first kappa shape index (κ1) is 11.7. The van der Waals surface area contributed by atoms with E-state index in [0.29, 0.717) is 5.65 Å². The van der Waals surface area contributed by atoms with Gasteiger partial charge in [-0.25, -0.2) is 9.97 Å². The van der Waals surface area contributed by atoms with Gasteiger partial charge in [-0.2, -0.15) is 0 Å². The Bertz CT molecular complexity index is 497. The van der Waals surface area contributed by atoms with E-state index in [9.17, 15) is 0 Å². The average Bonchev–Trinajstić information content (AvgIpc) is 2.27. The van der Waals surface area contributed by atoms with Gasteiger partial charge in [-0.3, -0.25) is 4.98 Å². The molecule has 2 aromatic heterocycles.